The van der Waals surface area contributed by atoms with Crippen LogP contribution in [0.25, 0.3) is 0 Å². The number of nitro groups is 1. The molecule has 1 saturated heterocycles. The summed E-state index contributed by atoms with van der Waals surface area (Å²) in [5, 5.41) is 28.0. The Balaban J connectivity index is 1.65. The summed E-state index contributed by atoms with van der Waals surface area (Å²) in [6.07, 6.45) is 5.96. The first kappa shape index (κ1) is 18.8. The van der Waals surface area contributed by atoms with Crippen molar-refractivity contribution in [3.05, 3.63) is 22.4 Å². The van der Waals surface area contributed by atoms with Crippen molar-refractivity contribution in [3.8, 4) is 0 Å². The summed E-state index contributed by atoms with van der Waals surface area (Å²) >= 11 is 0. The number of hydrogen-bond acceptors (Lipinski definition) is 7. The largest absolute Gasteiger partial charge is 0.390 e. The Morgan fingerprint density at radius 1 is 1.23 bits per heavy atom. The van der Waals surface area contributed by atoms with Gasteiger partial charge in [-0.25, -0.2) is 4.98 Å². The van der Waals surface area contributed by atoms with E-state index in [-0.39, 0.29) is 17.8 Å². The average Bonchev–Trinajstić information content (AvgIpc) is 3.07. The standard InChI is InChI=1S/C18H28N4O4/c1-18(2,23)12-3-5-13(6-4-12)21-17-9-15(16(10-19-17)22(24)25)20-14-7-8-26-11-14/h9-10,12-14,23H,3-8,11H2,1-2H3,(H2,19,20,21)/t12?,13?,14-/m0/s1. The van der Waals surface area contributed by atoms with Gasteiger partial charge in [0.2, 0.25) is 0 Å². The Morgan fingerprint density at radius 3 is 2.54 bits per heavy atom. The van der Waals surface area contributed by atoms with Gasteiger partial charge in [-0.2, -0.15) is 0 Å². The van der Waals surface area contributed by atoms with E-state index >= 15 is 0 Å². The second-order valence-corrected chi connectivity index (χ2v) is 7.90. The first-order valence-corrected chi connectivity index (χ1v) is 9.30. The quantitative estimate of drug-likeness (QED) is 0.526. The Hall–Kier alpha value is -1.93. The van der Waals surface area contributed by atoms with Gasteiger partial charge >= 0.3 is 5.69 Å². The molecule has 1 aromatic rings. The highest BCUT2D eigenvalue weighted by atomic mass is 16.6. The van der Waals surface area contributed by atoms with Gasteiger partial charge in [-0.1, -0.05) is 0 Å². The fraction of sp³-hybridized carbons (Fsp3) is 0.722. The number of rotatable bonds is 6. The molecule has 3 N–H and O–H groups in total. The Morgan fingerprint density at radius 2 is 1.96 bits per heavy atom. The van der Waals surface area contributed by atoms with Crippen molar-refractivity contribution in [1.82, 2.24) is 4.98 Å². The van der Waals surface area contributed by atoms with E-state index in [0.717, 1.165) is 32.1 Å². The zero-order chi connectivity index (χ0) is 18.7. The predicted octanol–water partition coefficient (Wildman–Crippen LogP) is 2.93. The third-order valence-electron chi connectivity index (χ3n) is 5.45. The molecule has 2 heterocycles. The Labute approximate surface area is 153 Å². The predicted molar refractivity (Wildman–Crippen MR) is 99.4 cm³/mol. The van der Waals surface area contributed by atoms with Crippen LogP contribution in [0.5, 0.6) is 0 Å². The Bertz CT molecular complexity index is 633. The van der Waals surface area contributed by atoms with Gasteiger partial charge in [0.15, 0.2) is 0 Å². The number of nitrogens with one attached hydrogen (secondary N) is 2. The molecule has 0 spiro atoms. The highest BCUT2D eigenvalue weighted by Gasteiger charge is 2.31. The topological polar surface area (TPSA) is 110 Å². The van der Waals surface area contributed by atoms with Crippen molar-refractivity contribution in [2.45, 2.75) is 63.6 Å². The summed E-state index contributed by atoms with van der Waals surface area (Å²) in [6, 6.07) is 2.08. The molecule has 2 fully saturated rings. The zero-order valence-corrected chi connectivity index (χ0v) is 15.4. The number of hydrogen-bond donors (Lipinski definition) is 3. The lowest BCUT2D eigenvalue weighted by Crippen LogP contribution is -2.37. The monoisotopic (exact) mass is 364 g/mol. The molecule has 8 nitrogen and oxygen atoms in total. The molecule has 1 saturated carbocycles. The van der Waals surface area contributed by atoms with Crippen molar-refractivity contribution in [3.63, 3.8) is 0 Å². The summed E-state index contributed by atoms with van der Waals surface area (Å²) in [5.74, 6) is 0.952. The van der Waals surface area contributed by atoms with Gasteiger partial charge in [-0.15, -0.1) is 0 Å². The maximum Gasteiger partial charge on any atom is 0.310 e. The molecular formula is C18H28N4O4. The second-order valence-electron chi connectivity index (χ2n) is 7.90. The smallest absolute Gasteiger partial charge is 0.310 e. The number of pyridine rings is 1. The zero-order valence-electron chi connectivity index (χ0n) is 15.4. The summed E-state index contributed by atoms with van der Waals surface area (Å²) < 4.78 is 5.33. The van der Waals surface area contributed by atoms with Crippen molar-refractivity contribution >= 4 is 17.2 Å². The molecule has 0 radical (unpaired) electrons. The van der Waals surface area contributed by atoms with Crippen LogP contribution in [0.4, 0.5) is 17.2 Å². The maximum atomic E-state index is 11.3. The molecule has 0 aromatic carbocycles. The minimum atomic E-state index is -0.642. The summed E-state index contributed by atoms with van der Waals surface area (Å²) in [7, 11) is 0. The molecule has 1 aliphatic heterocycles. The van der Waals surface area contributed by atoms with Crippen molar-refractivity contribution in [2.75, 3.05) is 23.8 Å². The van der Waals surface area contributed by atoms with Crippen LogP contribution >= 0.6 is 0 Å². The molecular weight excluding hydrogens is 336 g/mol. The summed E-state index contributed by atoms with van der Waals surface area (Å²) in [4.78, 5) is 15.1. The first-order valence-electron chi connectivity index (χ1n) is 9.30. The van der Waals surface area contributed by atoms with Gasteiger partial charge in [-0.3, -0.25) is 10.1 Å². The van der Waals surface area contributed by atoms with Crippen LogP contribution in [-0.4, -0.2) is 45.9 Å². The van der Waals surface area contributed by atoms with Crippen molar-refractivity contribution < 1.29 is 14.8 Å². The van der Waals surface area contributed by atoms with Crippen molar-refractivity contribution in [1.29, 1.82) is 0 Å². The Kier molecular flexibility index (Phi) is 5.62. The molecule has 0 bridgehead atoms. The minimum Gasteiger partial charge on any atom is -0.390 e. The molecule has 0 unspecified atom stereocenters. The maximum absolute atomic E-state index is 11.3. The van der Waals surface area contributed by atoms with Gasteiger partial charge in [0.05, 0.1) is 23.2 Å². The van der Waals surface area contributed by atoms with E-state index in [1.807, 2.05) is 13.8 Å². The molecule has 144 valence electrons. The van der Waals surface area contributed by atoms with Crippen LogP contribution in [0, 0.1) is 16.0 Å². The third kappa shape index (κ3) is 4.62. The van der Waals surface area contributed by atoms with Gasteiger partial charge in [-0.05, 0) is 51.9 Å². The van der Waals surface area contributed by atoms with E-state index in [1.54, 1.807) is 6.07 Å². The molecule has 1 aliphatic carbocycles. The lowest BCUT2D eigenvalue weighted by molar-refractivity contribution is -0.384. The fourth-order valence-corrected chi connectivity index (χ4v) is 3.81. The first-order chi connectivity index (χ1) is 12.3. The number of ether oxygens (including phenoxy) is 1. The van der Waals surface area contributed by atoms with E-state index in [4.69, 9.17) is 4.74 Å². The van der Waals surface area contributed by atoms with E-state index < -0.39 is 10.5 Å². The molecule has 1 aromatic heterocycles. The number of aliphatic hydroxyl groups is 1. The number of anilines is 2. The summed E-state index contributed by atoms with van der Waals surface area (Å²) in [5.41, 5.74) is -0.182. The van der Waals surface area contributed by atoms with Gasteiger partial charge < -0.3 is 20.5 Å². The minimum absolute atomic E-state index is 0.0202. The normalized spacial score (nSPS) is 26.5. The molecule has 3 rings (SSSR count). The van der Waals surface area contributed by atoms with E-state index in [2.05, 4.69) is 15.6 Å². The van der Waals surface area contributed by atoms with Crippen LogP contribution in [0.1, 0.15) is 46.0 Å². The van der Waals surface area contributed by atoms with Crippen molar-refractivity contribution in [2.24, 2.45) is 5.92 Å². The van der Waals surface area contributed by atoms with Gasteiger partial charge in [0.25, 0.3) is 0 Å². The van der Waals surface area contributed by atoms with Crippen LogP contribution in [0.3, 0.4) is 0 Å². The molecule has 2 aliphatic rings. The lowest BCUT2D eigenvalue weighted by atomic mass is 9.77. The van der Waals surface area contributed by atoms with E-state index in [1.165, 1.54) is 6.20 Å². The van der Waals surface area contributed by atoms with Crippen LogP contribution in [0.15, 0.2) is 12.3 Å². The average molecular weight is 364 g/mol. The number of aromatic nitrogens is 1. The molecule has 8 heteroatoms. The molecule has 0 amide bonds. The number of nitrogens with zero attached hydrogens (tertiary/aromatic N) is 2. The SMILES string of the molecule is CC(C)(O)C1CCC(Nc2cc(N[C@H]3CCOC3)c([N+](=O)[O-])cn2)CC1. The van der Waals surface area contributed by atoms with E-state index in [0.29, 0.717) is 30.6 Å². The fourth-order valence-electron chi connectivity index (χ4n) is 3.81. The highest BCUT2D eigenvalue weighted by molar-refractivity contribution is 5.65. The van der Waals surface area contributed by atoms with E-state index in [9.17, 15) is 15.2 Å². The van der Waals surface area contributed by atoms with Crippen LogP contribution < -0.4 is 10.6 Å². The van der Waals surface area contributed by atoms with Crippen LogP contribution in [-0.2, 0) is 4.74 Å². The van der Waals surface area contributed by atoms with Gasteiger partial charge in [0, 0.05) is 18.7 Å². The van der Waals surface area contributed by atoms with Crippen LogP contribution in [0.2, 0.25) is 0 Å². The molecule has 1 atom stereocenters. The second kappa shape index (κ2) is 7.75. The molecule has 26 heavy (non-hydrogen) atoms. The summed E-state index contributed by atoms with van der Waals surface area (Å²) in [6.45, 7) is 4.97. The lowest BCUT2D eigenvalue weighted by Gasteiger charge is -2.36. The van der Waals surface area contributed by atoms with Gasteiger partial charge in [0.1, 0.15) is 17.7 Å². The highest BCUT2D eigenvalue weighted by Crippen LogP contribution is 2.34. The third-order valence-corrected chi connectivity index (χ3v) is 5.45.